The van der Waals surface area contributed by atoms with Gasteiger partial charge in [0.2, 0.25) is 0 Å². The second-order valence-corrected chi connectivity index (χ2v) is 1.37. The summed E-state index contributed by atoms with van der Waals surface area (Å²) in [4.78, 5) is 0. The molecule has 0 saturated heterocycles. The second-order valence-electron chi connectivity index (χ2n) is 1.37. The number of hydrogen-bond acceptors (Lipinski definition) is 2. The highest BCUT2D eigenvalue weighted by Crippen LogP contribution is 1.91. The summed E-state index contributed by atoms with van der Waals surface area (Å²) in [5.41, 5.74) is 0. The van der Waals surface area contributed by atoms with Crippen molar-refractivity contribution in [1.82, 2.24) is 5.32 Å². The van der Waals surface area contributed by atoms with Crippen LogP contribution >= 0.6 is 0 Å². The minimum Gasteiger partial charge on any atom is -0.508 e. The predicted molar refractivity (Wildman–Crippen MR) is 27.9 cm³/mol. The highest BCUT2D eigenvalue weighted by Gasteiger charge is 1.87. The number of dihydropyridines is 1. The lowest BCUT2D eigenvalue weighted by Gasteiger charge is -1.99. The molecule has 0 fully saturated rings. The van der Waals surface area contributed by atoms with Crippen LogP contribution < -0.4 is 5.32 Å². The zero-order valence-electron chi connectivity index (χ0n) is 3.89. The van der Waals surface area contributed by atoms with Crippen LogP contribution in [0.15, 0.2) is 24.1 Å². The molecule has 2 N–H and O–H groups in total. The van der Waals surface area contributed by atoms with Crippen molar-refractivity contribution in [2.24, 2.45) is 0 Å². The first-order chi connectivity index (χ1) is 3.39. The normalized spacial score (nSPS) is 18.0. The molecular formula is C5H7NO. The van der Waals surface area contributed by atoms with Gasteiger partial charge in [-0.25, -0.2) is 0 Å². The molecule has 2 heteroatoms. The summed E-state index contributed by atoms with van der Waals surface area (Å²) in [5, 5.41) is 11.5. The van der Waals surface area contributed by atoms with E-state index >= 15 is 0 Å². The maximum Gasteiger partial charge on any atom is 0.114 e. The molecule has 0 bridgehead atoms. The van der Waals surface area contributed by atoms with Gasteiger partial charge in [-0.2, -0.15) is 0 Å². The number of nitrogens with one attached hydrogen (secondary N) is 1. The van der Waals surface area contributed by atoms with Crippen LogP contribution in [-0.2, 0) is 0 Å². The average molecular weight is 97.1 g/mol. The van der Waals surface area contributed by atoms with Gasteiger partial charge in [-0.15, -0.1) is 0 Å². The molecule has 0 amide bonds. The Morgan fingerprint density at radius 2 is 2.57 bits per heavy atom. The van der Waals surface area contributed by atoms with Crippen LogP contribution in [0.5, 0.6) is 0 Å². The number of aliphatic hydroxyl groups is 1. The van der Waals surface area contributed by atoms with Gasteiger partial charge >= 0.3 is 0 Å². The van der Waals surface area contributed by atoms with E-state index < -0.39 is 0 Å². The summed E-state index contributed by atoms with van der Waals surface area (Å²) in [6, 6.07) is 0. The Morgan fingerprint density at radius 1 is 1.71 bits per heavy atom. The summed E-state index contributed by atoms with van der Waals surface area (Å²) in [6.07, 6.45) is 5.04. The molecule has 0 unspecified atom stereocenters. The SMILES string of the molecule is OC1=CCNC=C1. The largest absolute Gasteiger partial charge is 0.508 e. The maximum atomic E-state index is 8.64. The van der Waals surface area contributed by atoms with E-state index in [2.05, 4.69) is 5.32 Å². The number of hydrogen-bond donors (Lipinski definition) is 2. The molecule has 7 heavy (non-hydrogen) atoms. The Kier molecular flexibility index (Phi) is 1.02. The van der Waals surface area contributed by atoms with Crippen molar-refractivity contribution in [3.05, 3.63) is 24.1 Å². The summed E-state index contributed by atoms with van der Waals surface area (Å²) in [5.74, 6) is 0.346. The summed E-state index contributed by atoms with van der Waals surface area (Å²) in [7, 11) is 0. The zero-order chi connectivity index (χ0) is 5.11. The van der Waals surface area contributed by atoms with Crippen LogP contribution in [-0.4, -0.2) is 11.7 Å². The van der Waals surface area contributed by atoms with Gasteiger partial charge in [-0.05, 0) is 12.2 Å². The van der Waals surface area contributed by atoms with E-state index in [9.17, 15) is 0 Å². The minimum absolute atomic E-state index is 0.346. The van der Waals surface area contributed by atoms with Gasteiger partial charge in [0.15, 0.2) is 0 Å². The lowest BCUT2D eigenvalue weighted by atomic mass is 10.4. The van der Waals surface area contributed by atoms with Gasteiger partial charge in [0.25, 0.3) is 0 Å². The zero-order valence-corrected chi connectivity index (χ0v) is 3.89. The van der Waals surface area contributed by atoms with E-state index in [1.165, 1.54) is 0 Å². The van der Waals surface area contributed by atoms with E-state index in [1.54, 1.807) is 18.4 Å². The maximum absolute atomic E-state index is 8.64. The molecule has 0 aromatic carbocycles. The number of rotatable bonds is 0. The van der Waals surface area contributed by atoms with Crippen molar-refractivity contribution in [3.8, 4) is 0 Å². The van der Waals surface area contributed by atoms with Crippen molar-refractivity contribution in [2.45, 2.75) is 0 Å². The van der Waals surface area contributed by atoms with Gasteiger partial charge in [-0.1, -0.05) is 0 Å². The molecule has 38 valence electrons. The Balaban J connectivity index is 2.58. The van der Waals surface area contributed by atoms with E-state index in [1.807, 2.05) is 0 Å². The summed E-state index contributed by atoms with van der Waals surface area (Å²) >= 11 is 0. The van der Waals surface area contributed by atoms with Crippen molar-refractivity contribution in [2.75, 3.05) is 6.54 Å². The first-order valence-electron chi connectivity index (χ1n) is 2.18. The van der Waals surface area contributed by atoms with Crippen molar-refractivity contribution in [1.29, 1.82) is 0 Å². The van der Waals surface area contributed by atoms with Gasteiger partial charge in [0.05, 0.1) is 0 Å². The summed E-state index contributed by atoms with van der Waals surface area (Å²) in [6.45, 7) is 0.738. The third kappa shape index (κ3) is 0.961. The van der Waals surface area contributed by atoms with Gasteiger partial charge in [-0.3, -0.25) is 0 Å². The third-order valence-corrected chi connectivity index (χ3v) is 0.801. The Morgan fingerprint density at radius 3 is 2.86 bits per heavy atom. The smallest absolute Gasteiger partial charge is 0.114 e. The minimum atomic E-state index is 0.346. The molecule has 0 saturated carbocycles. The molecule has 1 aliphatic rings. The Bertz CT molecular complexity index is 115. The van der Waals surface area contributed by atoms with E-state index in [4.69, 9.17) is 5.11 Å². The molecule has 1 aliphatic heterocycles. The predicted octanol–water partition coefficient (Wildman–Crippen LogP) is 0.545. The Labute approximate surface area is 42.2 Å². The van der Waals surface area contributed by atoms with Crippen LogP contribution in [0, 0.1) is 0 Å². The standard InChI is InChI=1S/C5H7NO/c7-5-1-3-6-4-2-5/h1-3,6-7H,4H2. The molecule has 0 spiro atoms. The first-order valence-corrected chi connectivity index (χ1v) is 2.18. The topological polar surface area (TPSA) is 32.3 Å². The van der Waals surface area contributed by atoms with Crippen LogP contribution in [0.2, 0.25) is 0 Å². The van der Waals surface area contributed by atoms with Crippen LogP contribution in [0.25, 0.3) is 0 Å². The molecular weight excluding hydrogens is 90.1 g/mol. The monoisotopic (exact) mass is 97.1 g/mol. The molecule has 0 aliphatic carbocycles. The molecule has 0 radical (unpaired) electrons. The summed E-state index contributed by atoms with van der Waals surface area (Å²) < 4.78 is 0. The van der Waals surface area contributed by atoms with Crippen LogP contribution in [0.3, 0.4) is 0 Å². The molecule has 1 rings (SSSR count). The molecule has 0 atom stereocenters. The Hall–Kier alpha value is -0.920. The van der Waals surface area contributed by atoms with Crippen molar-refractivity contribution >= 4 is 0 Å². The fraction of sp³-hybridized carbons (Fsp3) is 0.200. The van der Waals surface area contributed by atoms with Gasteiger partial charge < -0.3 is 10.4 Å². The second kappa shape index (κ2) is 1.69. The van der Waals surface area contributed by atoms with E-state index in [-0.39, 0.29) is 0 Å². The molecule has 1 heterocycles. The third-order valence-electron chi connectivity index (χ3n) is 0.801. The molecule has 2 nitrogen and oxygen atoms in total. The molecule has 0 aromatic heterocycles. The lowest BCUT2D eigenvalue weighted by molar-refractivity contribution is 0.427. The van der Waals surface area contributed by atoms with Crippen LogP contribution in [0.4, 0.5) is 0 Å². The van der Waals surface area contributed by atoms with E-state index in [0.29, 0.717) is 5.76 Å². The van der Waals surface area contributed by atoms with Gasteiger partial charge in [0, 0.05) is 12.7 Å². The highest BCUT2D eigenvalue weighted by atomic mass is 16.3. The van der Waals surface area contributed by atoms with Crippen molar-refractivity contribution in [3.63, 3.8) is 0 Å². The first kappa shape index (κ1) is 4.24. The molecule has 0 aromatic rings. The number of aliphatic hydroxyl groups excluding tert-OH is 1. The van der Waals surface area contributed by atoms with Crippen LogP contribution in [0.1, 0.15) is 0 Å². The van der Waals surface area contributed by atoms with Gasteiger partial charge in [0.1, 0.15) is 5.76 Å². The average Bonchev–Trinajstić information content (AvgIpc) is 1.69. The fourth-order valence-electron chi connectivity index (χ4n) is 0.444. The fourth-order valence-corrected chi connectivity index (χ4v) is 0.444. The highest BCUT2D eigenvalue weighted by molar-refractivity contribution is 5.14. The van der Waals surface area contributed by atoms with E-state index in [0.717, 1.165) is 6.54 Å². The lowest BCUT2D eigenvalue weighted by Crippen LogP contribution is -2.07. The number of allylic oxidation sites excluding steroid dienone is 1. The van der Waals surface area contributed by atoms with Crippen molar-refractivity contribution < 1.29 is 5.11 Å². The quantitative estimate of drug-likeness (QED) is 0.462.